The van der Waals surface area contributed by atoms with E-state index in [-0.39, 0.29) is 5.78 Å². The summed E-state index contributed by atoms with van der Waals surface area (Å²) in [6, 6.07) is 13.4. The van der Waals surface area contributed by atoms with Crippen LogP contribution in [0.3, 0.4) is 0 Å². The highest BCUT2D eigenvalue weighted by molar-refractivity contribution is 6.14. The van der Waals surface area contributed by atoms with Crippen molar-refractivity contribution in [2.75, 3.05) is 19.1 Å². The molecular formula is C16H15NO2. The molecule has 96 valence electrons. The van der Waals surface area contributed by atoms with E-state index in [0.717, 1.165) is 23.4 Å². The van der Waals surface area contributed by atoms with Crippen LogP contribution in [0.25, 0.3) is 0 Å². The molecule has 0 bridgehead atoms. The molecule has 1 aliphatic heterocycles. The van der Waals surface area contributed by atoms with Crippen molar-refractivity contribution in [2.45, 2.75) is 6.54 Å². The van der Waals surface area contributed by atoms with Gasteiger partial charge in [-0.15, -0.1) is 0 Å². The Morgan fingerprint density at radius 3 is 2.68 bits per heavy atom. The summed E-state index contributed by atoms with van der Waals surface area (Å²) in [4.78, 5) is 14.8. The Morgan fingerprint density at radius 1 is 1.11 bits per heavy atom. The maximum atomic E-state index is 12.7. The quantitative estimate of drug-likeness (QED) is 0.782. The minimum absolute atomic E-state index is 0.0638. The lowest BCUT2D eigenvalue weighted by Crippen LogP contribution is -2.16. The van der Waals surface area contributed by atoms with Crippen LogP contribution in [0.2, 0.25) is 0 Å². The van der Waals surface area contributed by atoms with Gasteiger partial charge in [-0.25, -0.2) is 0 Å². The van der Waals surface area contributed by atoms with Crippen molar-refractivity contribution >= 4 is 11.5 Å². The van der Waals surface area contributed by atoms with E-state index < -0.39 is 0 Å². The van der Waals surface area contributed by atoms with Crippen molar-refractivity contribution in [1.29, 1.82) is 0 Å². The molecule has 0 aliphatic carbocycles. The molecule has 0 amide bonds. The number of carbonyl (C=O) groups is 1. The average Bonchev–Trinajstić information content (AvgIpc) is 2.55. The van der Waals surface area contributed by atoms with Gasteiger partial charge >= 0.3 is 0 Å². The molecule has 1 aliphatic rings. The van der Waals surface area contributed by atoms with Crippen LogP contribution < -0.4 is 9.64 Å². The molecule has 2 aromatic carbocycles. The van der Waals surface area contributed by atoms with Crippen LogP contribution in [0.5, 0.6) is 5.75 Å². The Hall–Kier alpha value is -2.29. The van der Waals surface area contributed by atoms with Crippen LogP contribution in [0.4, 0.5) is 5.69 Å². The molecule has 0 aromatic heterocycles. The van der Waals surface area contributed by atoms with Crippen molar-refractivity contribution < 1.29 is 9.53 Å². The number of ketones is 1. The van der Waals surface area contributed by atoms with Gasteiger partial charge in [0.25, 0.3) is 0 Å². The number of benzene rings is 2. The number of hydrogen-bond donors (Lipinski definition) is 0. The third-order valence-corrected chi connectivity index (χ3v) is 3.53. The van der Waals surface area contributed by atoms with Crippen molar-refractivity contribution in [3.05, 3.63) is 59.2 Å². The Balaban J connectivity index is 2.22. The maximum absolute atomic E-state index is 12.7. The molecule has 0 unspecified atom stereocenters. The zero-order valence-corrected chi connectivity index (χ0v) is 11.0. The topological polar surface area (TPSA) is 29.5 Å². The van der Waals surface area contributed by atoms with Gasteiger partial charge in [-0.1, -0.05) is 24.3 Å². The van der Waals surface area contributed by atoms with Gasteiger partial charge in [0.2, 0.25) is 0 Å². The first-order valence-electron chi connectivity index (χ1n) is 6.22. The molecule has 0 radical (unpaired) electrons. The van der Waals surface area contributed by atoms with Crippen LogP contribution in [-0.4, -0.2) is 19.9 Å². The normalized spacial score (nSPS) is 13.6. The summed E-state index contributed by atoms with van der Waals surface area (Å²) >= 11 is 0. The summed E-state index contributed by atoms with van der Waals surface area (Å²) in [5.74, 6) is 0.772. The first kappa shape index (κ1) is 11.8. The van der Waals surface area contributed by atoms with Crippen molar-refractivity contribution in [3.63, 3.8) is 0 Å². The number of fused-ring (bicyclic) bond motifs is 2. The summed E-state index contributed by atoms with van der Waals surface area (Å²) in [6.07, 6.45) is 0. The van der Waals surface area contributed by atoms with E-state index in [1.165, 1.54) is 0 Å². The molecule has 3 heteroatoms. The van der Waals surface area contributed by atoms with Crippen LogP contribution >= 0.6 is 0 Å². The Labute approximate surface area is 112 Å². The lowest BCUT2D eigenvalue weighted by atomic mass is 9.99. The molecule has 0 N–H and O–H groups in total. The molecule has 0 fully saturated rings. The van der Waals surface area contributed by atoms with Gasteiger partial charge in [0.1, 0.15) is 5.75 Å². The van der Waals surface area contributed by atoms with Gasteiger partial charge in [0, 0.05) is 30.4 Å². The largest absolute Gasteiger partial charge is 0.497 e. The van der Waals surface area contributed by atoms with Crippen LogP contribution in [0.1, 0.15) is 21.5 Å². The zero-order chi connectivity index (χ0) is 13.4. The highest BCUT2D eigenvalue weighted by Gasteiger charge is 2.23. The molecule has 19 heavy (non-hydrogen) atoms. The minimum Gasteiger partial charge on any atom is -0.497 e. The number of nitrogens with zero attached hydrogens (tertiary/aromatic N) is 1. The fourth-order valence-electron chi connectivity index (χ4n) is 2.52. The minimum atomic E-state index is 0.0638. The number of anilines is 1. The van der Waals surface area contributed by atoms with E-state index in [1.807, 2.05) is 49.5 Å². The molecule has 2 aromatic rings. The molecule has 3 nitrogen and oxygen atoms in total. The number of rotatable bonds is 1. The van der Waals surface area contributed by atoms with Gasteiger partial charge in [0.15, 0.2) is 5.78 Å². The van der Waals surface area contributed by atoms with E-state index >= 15 is 0 Å². The summed E-state index contributed by atoms with van der Waals surface area (Å²) < 4.78 is 5.22. The third-order valence-electron chi connectivity index (χ3n) is 3.53. The Kier molecular flexibility index (Phi) is 2.75. The first-order valence-corrected chi connectivity index (χ1v) is 6.22. The number of ether oxygens (including phenoxy) is 1. The Bertz CT molecular complexity index is 649. The van der Waals surface area contributed by atoms with E-state index in [9.17, 15) is 4.79 Å². The number of hydrogen-bond acceptors (Lipinski definition) is 3. The van der Waals surface area contributed by atoms with Gasteiger partial charge in [-0.2, -0.15) is 0 Å². The highest BCUT2D eigenvalue weighted by Crippen LogP contribution is 2.32. The van der Waals surface area contributed by atoms with Crippen LogP contribution in [0, 0.1) is 0 Å². The number of carbonyl (C=O) groups excluding carboxylic acids is 1. The smallest absolute Gasteiger partial charge is 0.195 e. The lowest BCUT2D eigenvalue weighted by Gasteiger charge is -2.19. The monoisotopic (exact) mass is 253 g/mol. The van der Waals surface area contributed by atoms with Crippen molar-refractivity contribution in [2.24, 2.45) is 0 Å². The van der Waals surface area contributed by atoms with Gasteiger partial charge in [-0.05, 0) is 23.8 Å². The van der Waals surface area contributed by atoms with Crippen molar-refractivity contribution in [1.82, 2.24) is 0 Å². The Morgan fingerprint density at radius 2 is 1.89 bits per heavy atom. The first-order chi connectivity index (χ1) is 9.20. The second-order valence-corrected chi connectivity index (χ2v) is 4.73. The van der Waals surface area contributed by atoms with E-state index in [1.54, 1.807) is 7.11 Å². The SMILES string of the molecule is COc1ccc2c(c1)C(=O)c1ccccc1CN2C. The van der Waals surface area contributed by atoms with Crippen LogP contribution in [-0.2, 0) is 6.54 Å². The molecule has 0 spiro atoms. The molecule has 0 atom stereocenters. The summed E-state index contributed by atoms with van der Waals surface area (Å²) in [5.41, 5.74) is 3.49. The molecule has 1 heterocycles. The lowest BCUT2D eigenvalue weighted by molar-refractivity contribution is 0.103. The van der Waals surface area contributed by atoms with Crippen LogP contribution in [0.15, 0.2) is 42.5 Å². The molecule has 3 rings (SSSR count). The molecule has 0 saturated heterocycles. The average molecular weight is 253 g/mol. The van der Waals surface area contributed by atoms with Gasteiger partial charge in [-0.3, -0.25) is 4.79 Å². The van der Waals surface area contributed by atoms with Crippen molar-refractivity contribution in [3.8, 4) is 5.75 Å². The van der Waals surface area contributed by atoms with E-state index in [2.05, 4.69) is 4.90 Å². The zero-order valence-electron chi connectivity index (χ0n) is 11.0. The predicted octanol–water partition coefficient (Wildman–Crippen LogP) is 2.88. The maximum Gasteiger partial charge on any atom is 0.195 e. The standard InChI is InChI=1S/C16H15NO2/c1-17-10-11-5-3-4-6-13(11)16(18)14-9-12(19-2)7-8-15(14)17/h3-9H,10H2,1-2H3. The summed E-state index contributed by atoms with van der Waals surface area (Å²) in [6.45, 7) is 0.737. The fourth-order valence-corrected chi connectivity index (χ4v) is 2.52. The second-order valence-electron chi connectivity index (χ2n) is 4.73. The summed E-state index contributed by atoms with van der Waals surface area (Å²) in [5, 5.41) is 0. The highest BCUT2D eigenvalue weighted by atomic mass is 16.5. The molecular weight excluding hydrogens is 238 g/mol. The van der Waals surface area contributed by atoms with E-state index in [4.69, 9.17) is 4.74 Å². The van der Waals surface area contributed by atoms with E-state index in [0.29, 0.717) is 11.3 Å². The molecule has 0 saturated carbocycles. The predicted molar refractivity (Wildman–Crippen MR) is 75.0 cm³/mol. The van der Waals surface area contributed by atoms with Gasteiger partial charge < -0.3 is 9.64 Å². The number of methoxy groups -OCH3 is 1. The fraction of sp³-hybridized carbons (Fsp3) is 0.188. The second kappa shape index (κ2) is 4.43. The third kappa shape index (κ3) is 1.87. The van der Waals surface area contributed by atoms with Gasteiger partial charge in [0.05, 0.1) is 7.11 Å². The summed E-state index contributed by atoms with van der Waals surface area (Å²) in [7, 11) is 3.61.